The fourth-order valence-electron chi connectivity index (χ4n) is 4.99. The van der Waals surface area contributed by atoms with Crippen molar-refractivity contribution in [3.8, 4) is 6.07 Å². The molecule has 1 heterocycles. The van der Waals surface area contributed by atoms with E-state index in [1.165, 1.54) is 73.5 Å². The second-order valence-corrected chi connectivity index (χ2v) is 8.36. The molecule has 2 saturated carbocycles. The minimum atomic E-state index is -1.33. The topological polar surface area (TPSA) is 105 Å². The first-order valence-corrected chi connectivity index (χ1v) is 10.9. The Labute approximate surface area is 172 Å². The van der Waals surface area contributed by atoms with Crippen molar-refractivity contribution >= 4 is 17.0 Å². The van der Waals surface area contributed by atoms with Gasteiger partial charge in [-0.15, -0.1) is 0 Å². The molecule has 0 atom stereocenters. The van der Waals surface area contributed by atoms with Crippen molar-refractivity contribution in [2.24, 2.45) is 5.73 Å². The highest BCUT2D eigenvalue weighted by atomic mass is 16.4. The maximum absolute atomic E-state index is 9.96. The Morgan fingerprint density at radius 2 is 1.86 bits per heavy atom. The van der Waals surface area contributed by atoms with Crippen LogP contribution in [0.5, 0.6) is 0 Å². The molecule has 2 aliphatic rings. The van der Waals surface area contributed by atoms with E-state index in [2.05, 4.69) is 41.6 Å². The summed E-state index contributed by atoms with van der Waals surface area (Å²) in [5, 5.41) is 23.5. The quantitative estimate of drug-likeness (QED) is 0.719. The van der Waals surface area contributed by atoms with Crippen LogP contribution >= 0.6 is 0 Å². The molecule has 0 radical (unpaired) electrons. The van der Waals surface area contributed by atoms with Gasteiger partial charge in [0.05, 0.1) is 28.7 Å². The lowest BCUT2D eigenvalue weighted by molar-refractivity contribution is 0.205. The third-order valence-electron chi connectivity index (χ3n) is 6.51. The van der Waals surface area contributed by atoms with Gasteiger partial charge in [0.2, 0.25) is 0 Å². The lowest BCUT2D eigenvalue weighted by Gasteiger charge is -2.31. The van der Waals surface area contributed by atoms with E-state index < -0.39 is 6.09 Å². The summed E-state index contributed by atoms with van der Waals surface area (Å²) in [7, 11) is 0. The number of carboxylic acid groups (broad SMARTS) is 1. The predicted molar refractivity (Wildman–Crippen MR) is 114 cm³/mol. The fourth-order valence-corrected chi connectivity index (χ4v) is 4.99. The second-order valence-electron chi connectivity index (χ2n) is 8.36. The van der Waals surface area contributed by atoms with Crippen LogP contribution in [-0.4, -0.2) is 21.0 Å². The molecule has 2 aromatic rings. The van der Waals surface area contributed by atoms with Crippen molar-refractivity contribution in [3.63, 3.8) is 0 Å². The van der Waals surface area contributed by atoms with Gasteiger partial charge in [-0.1, -0.05) is 57.6 Å². The molecular weight excluding hydrogens is 364 g/mol. The van der Waals surface area contributed by atoms with E-state index in [0.29, 0.717) is 6.04 Å². The number of hydrogen-bond acceptors (Lipinski definition) is 3. The van der Waals surface area contributed by atoms with E-state index in [-0.39, 0.29) is 5.41 Å². The number of carbonyl (C=O) groups is 1. The van der Waals surface area contributed by atoms with E-state index >= 15 is 0 Å². The third kappa shape index (κ3) is 4.55. The molecule has 0 saturated heterocycles. The summed E-state index contributed by atoms with van der Waals surface area (Å²) in [6.45, 7) is 2.19. The van der Waals surface area contributed by atoms with Gasteiger partial charge in [-0.2, -0.15) is 10.4 Å². The molecule has 0 spiro atoms. The van der Waals surface area contributed by atoms with Crippen molar-refractivity contribution in [3.05, 3.63) is 29.5 Å². The van der Waals surface area contributed by atoms with Gasteiger partial charge in [0.1, 0.15) is 0 Å². The molecule has 0 aliphatic heterocycles. The average Bonchev–Trinajstić information content (AvgIpc) is 3.12. The van der Waals surface area contributed by atoms with Crippen molar-refractivity contribution < 1.29 is 9.90 Å². The average molecular weight is 397 g/mol. The highest BCUT2D eigenvalue weighted by Gasteiger charge is 2.34. The van der Waals surface area contributed by atoms with Crippen molar-refractivity contribution in [2.75, 3.05) is 0 Å². The predicted octanol–water partition coefficient (Wildman–Crippen LogP) is 5.45. The summed E-state index contributed by atoms with van der Waals surface area (Å²) in [6, 6.07) is 9.99. The van der Waals surface area contributed by atoms with Crippen LogP contribution < -0.4 is 5.73 Å². The van der Waals surface area contributed by atoms with E-state index in [1.807, 2.05) is 0 Å². The molecule has 156 valence electrons. The van der Waals surface area contributed by atoms with E-state index in [9.17, 15) is 5.26 Å². The number of fused-ring (bicyclic) bond motifs is 1. The molecule has 6 nitrogen and oxygen atoms in total. The number of nitrogens with two attached hydrogens (primary N) is 1. The highest BCUT2D eigenvalue weighted by molar-refractivity contribution is 5.83. The molecule has 2 fully saturated rings. The molecule has 2 aliphatic carbocycles. The third-order valence-corrected chi connectivity index (χ3v) is 6.51. The zero-order chi connectivity index (χ0) is 20.9. The van der Waals surface area contributed by atoms with Crippen LogP contribution in [0.3, 0.4) is 0 Å². The maximum Gasteiger partial charge on any atom is 0.402 e. The second kappa shape index (κ2) is 9.30. The Balaban J connectivity index is 0.000000552. The number of nitriles is 1. The molecule has 6 heteroatoms. The minimum absolute atomic E-state index is 0.277. The number of aromatic nitrogens is 2. The number of benzene rings is 1. The lowest BCUT2D eigenvalue weighted by Crippen LogP contribution is -2.27. The molecule has 29 heavy (non-hydrogen) atoms. The number of hydrogen-bond donors (Lipinski definition) is 2. The summed E-state index contributed by atoms with van der Waals surface area (Å²) in [5.41, 5.74) is 7.45. The fraction of sp³-hybridized carbons (Fsp3) is 0.609. The Morgan fingerprint density at radius 1 is 1.24 bits per heavy atom. The van der Waals surface area contributed by atoms with Gasteiger partial charge < -0.3 is 10.8 Å². The minimum Gasteiger partial charge on any atom is -0.465 e. The Hall–Kier alpha value is -2.55. The summed E-state index contributed by atoms with van der Waals surface area (Å²) in [6.07, 6.45) is 11.7. The van der Waals surface area contributed by atoms with E-state index in [1.54, 1.807) is 0 Å². The SMILES string of the molecule is CCc1nn(C2CCCCC2)c2cc(C3(C#N)CCCCC3)ccc12.NC(=O)O. The number of aryl methyl sites for hydroxylation is 1. The van der Waals surface area contributed by atoms with Crippen molar-refractivity contribution in [2.45, 2.75) is 89.0 Å². The van der Waals surface area contributed by atoms with Gasteiger partial charge in [0.25, 0.3) is 0 Å². The molecule has 3 N–H and O–H groups in total. The van der Waals surface area contributed by atoms with Gasteiger partial charge in [-0.3, -0.25) is 4.68 Å². The van der Waals surface area contributed by atoms with Gasteiger partial charge in [0.15, 0.2) is 0 Å². The number of nitrogens with zero attached hydrogens (tertiary/aromatic N) is 3. The number of primary amides is 1. The molecule has 1 aromatic carbocycles. The molecule has 0 bridgehead atoms. The first-order chi connectivity index (χ1) is 14.0. The number of rotatable bonds is 3. The summed E-state index contributed by atoms with van der Waals surface area (Å²) >= 11 is 0. The first kappa shape index (κ1) is 21.2. The van der Waals surface area contributed by atoms with E-state index in [4.69, 9.17) is 15.0 Å². The number of amides is 1. The van der Waals surface area contributed by atoms with Crippen LogP contribution in [-0.2, 0) is 11.8 Å². The van der Waals surface area contributed by atoms with Crippen LogP contribution in [0.4, 0.5) is 4.79 Å². The van der Waals surface area contributed by atoms with Crippen molar-refractivity contribution in [1.82, 2.24) is 9.78 Å². The molecular formula is C23H32N4O2. The normalized spacial score (nSPS) is 19.2. The molecule has 1 amide bonds. The molecule has 0 unspecified atom stereocenters. The van der Waals surface area contributed by atoms with Crippen LogP contribution in [0.1, 0.15) is 88.4 Å². The zero-order valence-electron chi connectivity index (χ0n) is 17.4. The van der Waals surface area contributed by atoms with Gasteiger partial charge in [-0.05, 0) is 43.7 Å². The lowest BCUT2D eigenvalue weighted by atomic mass is 9.70. The van der Waals surface area contributed by atoms with Crippen LogP contribution in [0.25, 0.3) is 10.9 Å². The largest absolute Gasteiger partial charge is 0.465 e. The first-order valence-electron chi connectivity index (χ1n) is 10.9. The van der Waals surface area contributed by atoms with Crippen LogP contribution in [0.2, 0.25) is 0 Å². The highest BCUT2D eigenvalue weighted by Crippen LogP contribution is 2.41. The standard InChI is InChI=1S/C22H29N3.CH3NO2/c1-2-20-19-12-11-17(22(16-23)13-7-4-8-14-22)15-21(19)25(24-20)18-9-5-3-6-10-18;2-1(3)4/h11-12,15,18H,2-10,13-14H2,1H3;2H2,(H,3,4). The van der Waals surface area contributed by atoms with Gasteiger partial charge >= 0.3 is 6.09 Å². The Kier molecular flexibility index (Phi) is 6.79. The summed E-state index contributed by atoms with van der Waals surface area (Å²) in [5.74, 6) is 0. The van der Waals surface area contributed by atoms with Crippen molar-refractivity contribution in [1.29, 1.82) is 5.26 Å². The Bertz CT molecular complexity index is 880. The monoisotopic (exact) mass is 396 g/mol. The summed E-state index contributed by atoms with van der Waals surface area (Å²) < 4.78 is 2.31. The van der Waals surface area contributed by atoms with Crippen LogP contribution in [0, 0.1) is 11.3 Å². The van der Waals surface area contributed by atoms with Gasteiger partial charge in [-0.25, -0.2) is 4.79 Å². The van der Waals surface area contributed by atoms with Crippen LogP contribution in [0.15, 0.2) is 18.2 Å². The zero-order valence-corrected chi connectivity index (χ0v) is 17.4. The smallest absolute Gasteiger partial charge is 0.402 e. The molecule has 4 rings (SSSR count). The van der Waals surface area contributed by atoms with E-state index in [0.717, 1.165) is 19.3 Å². The Morgan fingerprint density at radius 3 is 2.45 bits per heavy atom. The molecule has 1 aromatic heterocycles. The van der Waals surface area contributed by atoms with Gasteiger partial charge in [0, 0.05) is 5.39 Å². The maximum atomic E-state index is 9.96. The summed E-state index contributed by atoms with van der Waals surface area (Å²) in [4.78, 5) is 8.78.